The minimum absolute atomic E-state index is 0.0247. The fourth-order valence-corrected chi connectivity index (χ4v) is 3.95. The van der Waals surface area contributed by atoms with Gasteiger partial charge >= 0.3 is 0 Å². The van der Waals surface area contributed by atoms with E-state index in [-0.39, 0.29) is 12.5 Å². The number of aromatic nitrogens is 6. The van der Waals surface area contributed by atoms with Gasteiger partial charge in [0.1, 0.15) is 12.1 Å². The minimum atomic E-state index is -0.0247. The Labute approximate surface area is 202 Å². The van der Waals surface area contributed by atoms with E-state index in [1.54, 1.807) is 11.1 Å². The maximum absolute atomic E-state index is 13.3. The monoisotopic (exact) mass is 467 g/mol. The van der Waals surface area contributed by atoms with E-state index >= 15 is 0 Å². The first-order chi connectivity index (χ1) is 17.2. The summed E-state index contributed by atoms with van der Waals surface area (Å²) in [7, 11) is 0. The molecule has 2 heterocycles. The zero-order chi connectivity index (χ0) is 24.0. The van der Waals surface area contributed by atoms with Crippen molar-refractivity contribution >= 4 is 22.5 Å². The van der Waals surface area contributed by atoms with Crippen molar-refractivity contribution in [2.75, 3.05) is 4.90 Å². The number of carbonyl (C=O) groups is 1. The van der Waals surface area contributed by atoms with Gasteiger partial charge in [0.05, 0.1) is 12.7 Å². The molecular formula is C26H25N7O2. The summed E-state index contributed by atoms with van der Waals surface area (Å²) in [6, 6.07) is 23.8. The van der Waals surface area contributed by atoms with Crippen molar-refractivity contribution < 1.29 is 9.63 Å². The average Bonchev–Trinajstić information content (AvgIpc) is 3.55. The van der Waals surface area contributed by atoms with E-state index in [9.17, 15) is 4.79 Å². The van der Waals surface area contributed by atoms with E-state index in [4.69, 9.17) is 4.84 Å². The van der Waals surface area contributed by atoms with Gasteiger partial charge in [0.2, 0.25) is 5.91 Å². The molecule has 35 heavy (non-hydrogen) atoms. The zero-order valence-corrected chi connectivity index (χ0v) is 19.3. The van der Waals surface area contributed by atoms with Gasteiger partial charge in [-0.1, -0.05) is 70.2 Å². The average molecular weight is 468 g/mol. The van der Waals surface area contributed by atoms with Crippen LogP contribution >= 0.6 is 0 Å². The maximum Gasteiger partial charge on any atom is 0.227 e. The van der Waals surface area contributed by atoms with E-state index in [0.717, 1.165) is 27.7 Å². The van der Waals surface area contributed by atoms with Crippen molar-refractivity contribution in [3.05, 3.63) is 102 Å². The zero-order valence-electron chi connectivity index (χ0n) is 19.3. The van der Waals surface area contributed by atoms with E-state index in [2.05, 4.69) is 31.8 Å². The first kappa shape index (κ1) is 22.3. The van der Waals surface area contributed by atoms with Crippen molar-refractivity contribution in [1.82, 2.24) is 30.6 Å². The standard InChI is InChI=1S/C26H25N7O2/c1-19-6-5-9-20(14-19)10-13-26(34)32(17-25-28-30-31-29-25)23-11-12-24-22(15-23)16-27-33(24)35-18-21-7-3-2-4-8-21/h2-9,11-12,14-16H,10,13,17-18H2,1H3,(H,28,29,30,31). The fraction of sp³-hybridized carbons (Fsp3) is 0.192. The van der Waals surface area contributed by atoms with E-state index < -0.39 is 0 Å². The Kier molecular flexibility index (Phi) is 6.47. The summed E-state index contributed by atoms with van der Waals surface area (Å²) in [5.74, 6) is 0.416. The van der Waals surface area contributed by atoms with Crippen LogP contribution in [0.5, 0.6) is 0 Å². The number of fused-ring (bicyclic) bond motifs is 1. The largest absolute Gasteiger partial charge is 0.391 e. The van der Waals surface area contributed by atoms with Gasteiger partial charge in [-0.2, -0.15) is 5.21 Å². The molecule has 1 N–H and O–H groups in total. The first-order valence-corrected chi connectivity index (χ1v) is 11.4. The molecule has 176 valence electrons. The van der Waals surface area contributed by atoms with Crippen molar-refractivity contribution in [2.45, 2.75) is 32.9 Å². The van der Waals surface area contributed by atoms with Crippen LogP contribution in [0.3, 0.4) is 0 Å². The Hall–Kier alpha value is -4.53. The molecule has 5 aromatic rings. The molecule has 0 saturated heterocycles. The van der Waals surface area contributed by atoms with E-state index in [1.807, 2.05) is 73.7 Å². The van der Waals surface area contributed by atoms with Crippen LogP contribution in [0.15, 0.2) is 79.0 Å². The molecule has 0 aliphatic carbocycles. The summed E-state index contributed by atoms with van der Waals surface area (Å²) < 4.78 is 0. The quantitative estimate of drug-likeness (QED) is 0.355. The summed E-state index contributed by atoms with van der Waals surface area (Å²) in [6.07, 6.45) is 2.74. The first-order valence-electron chi connectivity index (χ1n) is 11.4. The van der Waals surface area contributed by atoms with Gasteiger partial charge in [-0.3, -0.25) is 4.79 Å². The predicted molar refractivity (Wildman–Crippen MR) is 131 cm³/mol. The molecule has 5 rings (SSSR count). The maximum atomic E-state index is 13.3. The third-order valence-electron chi connectivity index (χ3n) is 5.73. The number of nitrogens with one attached hydrogen (secondary N) is 1. The number of tetrazole rings is 1. The second-order valence-electron chi connectivity index (χ2n) is 8.32. The molecule has 0 radical (unpaired) electrons. The number of rotatable bonds is 9. The second-order valence-corrected chi connectivity index (χ2v) is 8.32. The number of H-pyrrole nitrogens is 1. The van der Waals surface area contributed by atoms with Gasteiger partial charge < -0.3 is 9.74 Å². The fourth-order valence-electron chi connectivity index (χ4n) is 3.95. The van der Waals surface area contributed by atoms with Gasteiger partial charge in [-0.15, -0.1) is 15.3 Å². The third kappa shape index (κ3) is 5.35. The number of aryl methyl sites for hydroxylation is 2. The molecule has 0 unspecified atom stereocenters. The minimum Gasteiger partial charge on any atom is -0.391 e. The Morgan fingerprint density at radius 2 is 1.89 bits per heavy atom. The molecule has 3 aromatic carbocycles. The SMILES string of the molecule is Cc1cccc(CCC(=O)N(Cc2nn[nH]n2)c2ccc3c(cnn3OCc3ccccc3)c2)c1. The number of hydrogen-bond donors (Lipinski definition) is 1. The molecular weight excluding hydrogens is 442 g/mol. The molecule has 0 aliphatic rings. The molecule has 2 aromatic heterocycles. The molecule has 0 atom stereocenters. The second kappa shape index (κ2) is 10.2. The summed E-state index contributed by atoms with van der Waals surface area (Å²) in [5.41, 5.74) is 4.91. The van der Waals surface area contributed by atoms with Crippen LogP contribution in [0.4, 0.5) is 5.69 Å². The highest BCUT2D eigenvalue weighted by molar-refractivity contribution is 5.95. The van der Waals surface area contributed by atoms with Crippen LogP contribution in [0, 0.1) is 6.92 Å². The van der Waals surface area contributed by atoms with Crippen LogP contribution in [-0.2, 0) is 24.4 Å². The Morgan fingerprint density at radius 1 is 1.03 bits per heavy atom. The molecule has 0 fully saturated rings. The summed E-state index contributed by atoms with van der Waals surface area (Å²) >= 11 is 0. The highest BCUT2D eigenvalue weighted by Crippen LogP contribution is 2.24. The summed E-state index contributed by atoms with van der Waals surface area (Å²) in [4.78, 5) is 22.4. The molecule has 9 nitrogen and oxygen atoms in total. The summed E-state index contributed by atoms with van der Waals surface area (Å²) in [5, 5.41) is 19.4. The van der Waals surface area contributed by atoms with Gasteiger partial charge in [0, 0.05) is 17.5 Å². The normalized spacial score (nSPS) is 11.0. The highest BCUT2D eigenvalue weighted by Gasteiger charge is 2.19. The molecule has 0 spiro atoms. The molecule has 0 saturated carbocycles. The Balaban J connectivity index is 1.35. The predicted octanol–water partition coefficient (Wildman–Crippen LogP) is 3.65. The van der Waals surface area contributed by atoms with Gasteiger partial charge in [0.15, 0.2) is 5.82 Å². The topological polar surface area (TPSA) is 102 Å². The van der Waals surface area contributed by atoms with Crippen molar-refractivity contribution in [1.29, 1.82) is 0 Å². The van der Waals surface area contributed by atoms with Crippen molar-refractivity contribution in [2.24, 2.45) is 0 Å². The number of carbonyl (C=O) groups excluding carboxylic acids is 1. The number of anilines is 1. The number of amides is 1. The number of nitrogens with zero attached hydrogens (tertiary/aromatic N) is 6. The van der Waals surface area contributed by atoms with Gasteiger partial charge in [0.25, 0.3) is 0 Å². The molecule has 9 heteroatoms. The van der Waals surface area contributed by atoms with E-state index in [1.165, 1.54) is 10.4 Å². The number of hydrogen-bond acceptors (Lipinski definition) is 6. The van der Waals surface area contributed by atoms with Crippen molar-refractivity contribution in [3.63, 3.8) is 0 Å². The lowest BCUT2D eigenvalue weighted by molar-refractivity contribution is -0.118. The lowest BCUT2D eigenvalue weighted by Crippen LogP contribution is -2.31. The number of aromatic amines is 1. The molecule has 0 bridgehead atoms. The van der Waals surface area contributed by atoms with Gasteiger partial charge in [-0.05, 0) is 42.7 Å². The van der Waals surface area contributed by atoms with Crippen LogP contribution in [0.25, 0.3) is 10.9 Å². The summed E-state index contributed by atoms with van der Waals surface area (Å²) in [6.45, 7) is 2.67. The number of benzene rings is 3. The van der Waals surface area contributed by atoms with Crippen LogP contribution in [0.2, 0.25) is 0 Å². The lowest BCUT2D eigenvalue weighted by Gasteiger charge is -2.21. The smallest absolute Gasteiger partial charge is 0.227 e. The van der Waals surface area contributed by atoms with Crippen LogP contribution < -0.4 is 9.74 Å². The Bertz CT molecular complexity index is 1410. The van der Waals surface area contributed by atoms with E-state index in [0.29, 0.717) is 25.3 Å². The van der Waals surface area contributed by atoms with Crippen LogP contribution in [0.1, 0.15) is 28.9 Å². The third-order valence-corrected chi connectivity index (χ3v) is 5.73. The molecule has 0 aliphatic heterocycles. The lowest BCUT2D eigenvalue weighted by atomic mass is 10.1. The van der Waals surface area contributed by atoms with Crippen LogP contribution in [-0.4, -0.2) is 36.5 Å². The Morgan fingerprint density at radius 3 is 2.69 bits per heavy atom. The highest BCUT2D eigenvalue weighted by atomic mass is 16.7. The van der Waals surface area contributed by atoms with Gasteiger partial charge in [-0.25, -0.2) is 0 Å². The van der Waals surface area contributed by atoms with Crippen molar-refractivity contribution in [3.8, 4) is 0 Å². The molecule has 1 amide bonds.